The standard InChI is InChI=1S/C16H13N3O2.C8H6N6/c17-14-12-6-2-1-4-10(12)8-13(15(14)20)16(21)19-11-5-3-7-18-9-11;9-4-6-5-13-14(7(6)10)8-11-2-1-3-12-8/h1-9,20H,17H2,(H,19,21);1-3,5H,10H2. The number of nitrogens with one attached hydrogen (secondary N) is 1. The zero-order valence-corrected chi connectivity index (χ0v) is 18.2. The number of carbonyl (C=O) groups is 1. The van der Waals surface area contributed by atoms with E-state index >= 15 is 0 Å². The Labute approximate surface area is 199 Å². The minimum Gasteiger partial charge on any atom is -0.505 e. The van der Waals surface area contributed by atoms with Crippen LogP contribution in [0.1, 0.15) is 15.9 Å². The number of nitrogens with two attached hydrogens (primary N) is 2. The van der Waals surface area contributed by atoms with Crippen molar-refractivity contribution in [1.29, 1.82) is 5.26 Å². The second-order valence-corrected chi connectivity index (χ2v) is 7.12. The molecule has 0 radical (unpaired) electrons. The van der Waals surface area contributed by atoms with E-state index in [4.69, 9.17) is 16.7 Å². The third-order valence-electron chi connectivity index (χ3n) is 4.89. The molecule has 2 aromatic carbocycles. The van der Waals surface area contributed by atoms with Crippen LogP contribution in [-0.2, 0) is 0 Å². The molecule has 0 bridgehead atoms. The Balaban J connectivity index is 0.000000179. The van der Waals surface area contributed by atoms with Crippen molar-refractivity contribution in [3.8, 4) is 17.8 Å². The Morgan fingerprint density at radius 3 is 2.49 bits per heavy atom. The molecule has 6 N–H and O–H groups in total. The summed E-state index contributed by atoms with van der Waals surface area (Å²) in [7, 11) is 0. The Hall–Kier alpha value is -5.50. The normalized spacial score (nSPS) is 10.1. The van der Waals surface area contributed by atoms with Gasteiger partial charge >= 0.3 is 0 Å². The summed E-state index contributed by atoms with van der Waals surface area (Å²) in [6, 6.07) is 16.0. The van der Waals surface area contributed by atoms with Gasteiger partial charge in [-0.05, 0) is 29.7 Å². The third kappa shape index (κ3) is 4.81. The van der Waals surface area contributed by atoms with Gasteiger partial charge in [-0.15, -0.1) is 0 Å². The van der Waals surface area contributed by atoms with Gasteiger partial charge in [0.05, 0.1) is 29.3 Å². The number of pyridine rings is 1. The van der Waals surface area contributed by atoms with Gasteiger partial charge in [0.1, 0.15) is 17.5 Å². The summed E-state index contributed by atoms with van der Waals surface area (Å²) in [5, 5.41) is 26.9. The van der Waals surface area contributed by atoms with Crippen molar-refractivity contribution in [2.45, 2.75) is 0 Å². The first-order valence-corrected chi connectivity index (χ1v) is 10.2. The van der Waals surface area contributed by atoms with E-state index in [1.807, 2.05) is 24.3 Å². The zero-order valence-electron chi connectivity index (χ0n) is 18.2. The lowest BCUT2D eigenvalue weighted by Gasteiger charge is -2.11. The SMILES string of the molecule is N#Cc1cnn(-c2ncccn2)c1N.Nc1c(O)c(C(=O)Nc2cccnc2)cc2ccccc12. The summed E-state index contributed by atoms with van der Waals surface area (Å²) in [5.41, 5.74) is 12.8. The molecule has 0 aliphatic heterocycles. The molecule has 0 unspecified atom stereocenters. The number of aromatic nitrogens is 5. The Bertz CT molecular complexity index is 1530. The van der Waals surface area contributed by atoms with Gasteiger partial charge in [-0.25, -0.2) is 9.97 Å². The van der Waals surface area contributed by atoms with E-state index in [2.05, 4.69) is 25.4 Å². The van der Waals surface area contributed by atoms with E-state index in [9.17, 15) is 9.90 Å². The largest absolute Gasteiger partial charge is 0.505 e. The molecular formula is C24H19N9O2. The van der Waals surface area contributed by atoms with Gasteiger partial charge in [-0.2, -0.15) is 15.0 Å². The molecule has 0 aliphatic rings. The van der Waals surface area contributed by atoms with Gasteiger partial charge in [-0.3, -0.25) is 9.78 Å². The van der Waals surface area contributed by atoms with E-state index in [1.54, 1.807) is 48.9 Å². The van der Waals surface area contributed by atoms with Crippen LogP contribution in [0.5, 0.6) is 5.75 Å². The minimum absolute atomic E-state index is 0.134. The van der Waals surface area contributed by atoms with Crippen molar-refractivity contribution in [3.63, 3.8) is 0 Å². The average Bonchev–Trinajstić information content (AvgIpc) is 3.28. The van der Waals surface area contributed by atoms with Crippen LogP contribution < -0.4 is 16.8 Å². The van der Waals surface area contributed by atoms with Crippen molar-refractivity contribution in [2.75, 3.05) is 16.8 Å². The monoisotopic (exact) mass is 465 g/mol. The smallest absolute Gasteiger partial charge is 0.259 e. The van der Waals surface area contributed by atoms with Crippen LogP contribution in [-0.4, -0.2) is 35.7 Å². The summed E-state index contributed by atoms with van der Waals surface area (Å²) in [6.07, 6.45) is 7.68. The lowest BCUT2D eigenvalue weighted by Crippen LogP contribution is -2.13. The van der Waals surface area contributed by atoms with Crippen LogP contribution in [0.25, 0.3) is 16.7 Å². The Kier molecular flexibility index (Phi) is 6.46. The van der Waals surface area contributed by atoms with E-state index in [0.717, 1.165) is 5.39 Å². The number of nitriles is 1. The highest BCUT2D eigenvalue weighted by atomic mass is 16.3. The number of rotatable bonds is 3. The lowest BCUT2D eigenvalue weighted by atomic mass is 10.0. The maximum Gasteiger partial charge on any atom is 0.259 e. The van der Waals surface area contributed by atoms with Gasteiger partial charge in [0.25, 0.3) is 11.9 Å². The molecule has 0 atom stereocenters. The highest BCUT2D eigenvalue weighted by Crippen LogP contribution is 2.33. The topological polar surface area (TPSA) is 182 Å². The summed E-state index contributed by atoms with van der Waals surface area (Å²) in [5.74, 6) is -0.0433. The molecule has 0 fully saturated rings. The fourth-order valence-electron chi connectivity index (χ4n) is 3.18. The molecule has 0 saturated heterocycles. The molecule has 1 amide bonds. The number of hydrogen-bond acceptors (Lipinski definition) is 9. The quantitative estimate of drug-likeness (QED) is 0.230. The van der Waals surface area contributed by atoms with Crippen molar-refractivity contribution >= 4 is 33.9 Å². The van der Waals surface area contributed by atoms with Gasteiger partial charge in [0, 0.05) is 24.0 Å². The average molecular weight is 465 g/mol. The van der Waals surface area contributed by atoms with Crippen LogP contribution in [0.3, 0.4) is 0 Å². The number of benzene rings is 2. The van der Waals surface area contributed by atoms with E-state index in [1.165, 1.54) is 17.1 Å². The van der Waals surface area contributed by atoms with E-state index < -0.39 is 5.91 Å². The second-order valence-electron chi connectivity index (χ2n) is 7.12. The van der Waals surface area contributed by atoms with Crippen LogP contribution in [0.4, 0.5) is 17.2 Å². The number of aromatic hydroxyl groups is 1. The molecule has 5 aromatic rings. The van der Waals surface area contributed by atoms with Gasteiger partial charge in [0.15, 0.2) is 5.75 Å². The molecule has 3 aromatic heterocycles. The summed E-state index contributed by atoms with van der Waals surface area (Å²) in [6.45, 7) is 0. The molecule has 5 rings (SSSR count). The highest BCUT2D eigenvalue weighted by molar-refractivity contribution is 6.11. The van der Waals surface area contributed by atoms with Gasteiger partial charge in [-0.1, -0.05) is 24.3 Å². The molecule has 11 heteroatoms. The van der Waals surface area contributed by atoms with Crippen LogP contribution >= 0.6 is 0 Å². The number of phenols is 1. The fraction of sp³-hybridized carbons (Fsp3) is 0. The number of phenolic OH excluding ortho intramolecular Hbond substituents is 1. The molecule has 35 heavy (non-hydrogen) atoms. The highest BCUT2D eigenvalue weighted by Gasteiger charge is 2.16. The Morgan fingerprint density at radius 2 is 1.80 bits per heavy atom. The van der Waals surface area contributed by atoms with E-state index in [0.29, 0.717) is 22.6 Å². The van der Waals surface area contributed by atoms with Crippen LogP contribution in [0, 0.1) is 11.3 Å². The van der Waals surface area contributed by atoms with Crippen molar-refractivity contribution in [3.05, 3.63) is 90.6 Å². The number of nitrogens with zero attached hydrogens (tertiary/aromatic N) is 6. The summed E-state index contributed by atoms with van der Waals surface area (Å²) >= 11 is 0. The number of carbonyl (C=O) groups excluding carboxylic acids is 1. The number of amides is 1. The predicted octanol–water partition coefficient (Wildman–Crippen LogP) is 2.89. The first-order valence-electron chi connectivity index (χ1n) is 10.2. The molecule has 0 aliphatic carbocycles. The van der Waals surface area contributed by atoms with Gasteiger partial charge in [0.2, 0.25) is 0 Å². The van der Waals surface area contributed by atoms with Gasteiger partial charge < -0.3 is 21.9 Å². The Morgan fingerprint density at radius 1 is 1.03 bits per heavy atom. The summed E-state index contributed by atoms with van der Waals surface area (Å²) < 4.78 is 1.32. The lowest BCUT2D eigenvalue weighted by molar-refractivity contribution is 0.102. The van der Waals surface area contributed by atoms with Crippen molar-refractivity contribution in [1.82, 2.24) is 24.7 Å². The fourth-order valence-corrected chi connectivity index (χ4v) is 3.18. The number of fused-ring (bicyclic) bond motifs is 1. The number of hydrogen-bond donors (Lipinski definition) is 4. The number of nitrogen functional groups attached to an aromatic ring is 2. The molecule has 11 nitrogen and oxygen atoms in total. The first-order chi connectivity index (χ1) is 17.0. The molecule has 0 saturated carbocycles. The maximum atomic E-state index is 12.3. The maximum absolute atomic E-state index is 12.3. The van der Waals surface area contributed by atoms with Crippen LogP contribution in [0.15, 0.2) is 79.5 Å². The van der Waals surface area contributed by atoms with E-state index in [-0.39, 0.29) is 22.8 Å². The number of anilines is 3. The third-order valence-corrected chi connectivity index (χ3v) is 4.89. The molecular weight excluding hydrogens is 446 g/mol. The predicted molar refractivity (Wildman–Crippen MR) is 130 cm³/mol. The van der Waals surface area contributed by atoms with Crippen LogP contribution in [0.2, 0.25) is 0 Å². The minimum atomic E-state index is -0.432. The molecule has 3 heterocycles. The molecule has 172 valence electrons. The van der Waals surface area contributed by atoms with Crippen molar-refractivity contribution in [2.24, 2.45) is 0 Å². The molecule has 0 spiro atoms. The van der Waals surface area contributed by atoms with Crippen molar-refractivity contribution < 1.29 is 9.90 Å². The summed E-state index contributed by atoms with van der Waals surface area (Å²) in [4.78, 5) is 24.1. The second kappa shape index (κ2) is 9.97. The zero-order chi connectivity index (χ0) is 24.8. The first kappa shape index (κ1) is 22.7.